The van der Waals surface area contributed by atoms with Crippen molar-refractivity contribution in [1.82, 2.24) is 10.2 Å². The molecule has 116 valence electrons. The van der Waals surface area contributed by atoms with Crippen LogP contribution in [0.1, 0.15) is 48.0 Å². The number of nitrogens with one attached hydrogen (secondary N) is 1. The average Bonchev–Trinajstić information content (AvgIpc) is 2.24. The van der Waals surface area contributed by atoms with Crippen molar-refractivity contribution in [2.24, 2.45) is 16.6 Å². The molecule has 0 aliphatic heterocycles. The van der Waals surface area contributed by atoms with Crippen molar-refractivity contribution in [2.75, 3.05) is 19.6 Å². The molecule has 0 radical (unpaired) electrons. The van der Waals surface area contributed by atoms with Crippen molar-refractivity contribution >= 4 is 29.9 Å². The summed E-state index contributed by atoms with van der Waals surface area (Å²) < 4.78 is 0. The molecule has 5 heteroatoms. The Labute approximate surface area is 136 Å². The zero-order valence-electron chi connectivity index (χ0n) is 13.4. The molecule has 0 aliphatic carbocycles. The van der Waals surface area contributed by atoms with Crippen LogP contribution in [0, 0.1) is 5.92 Å². The molecular formula is C14H33IN4. The first-order valence-electron chi connectivity index (χ1n) is 7.14. The fourth-order valence-corrected chi connectivity index (χ4v) is 1.93. The monoisotopic (exact) mass is 384 g/mol. The Morgan fingerprint density at radius 1 is 1.11 bits per heavy atom. The normalized spacial score (nSPS) is 12.4. The third kappa shape index (κ3) is 11.5. The summed E-state index contributed by atoms with van der Waals surface area (Å²) in [5.41, 5.74) is 5.78. The van der Waals surface area contributed by atoms with E-state index in [4.69, 9.17) is 5.73 Å². The van der Waals surface area contributed by atoms with Gasteiger partial charge in [-0.05, 0) is 40.0 Å². The van der Waals surface area contributed by atoms with E-state index in [1.165, 1.54) is 0 Å². The summed E-state index contributed by atoms with van der Waals surface area (Å²) in [5.74, 6) is 1.13. The van der Waals surface area contributed by atoms with Crippen molar-refractivity contribution in [1.29, 1.82) is 0 Å². The largest absolute Gasteiger partial charge is 0.370 e. The second-order valence-electron chi connectivity index (χ2n) is 5.83. The van der Waals surface area contributed by atoms with Gasteiger partial charge in [0, 0.05) is 31.7 Å². The quantitative estimate of drug-likeness (QED) is 0.293. The molecule has 0 amide bonds. The van der Waals surface area contributed by atoms with Crippen molar-refractivity contribution in [3.63, 3.8) is 0 Å². The highest BCUT2D eigenvalue weighted by Gasteiger charge is 2.11. The van der Waals surface area contributed by atoms with Gasteiger partial charge in [0.2, 0.25) is 0 Å². The van der Waals surface area contributed by atoms with E-state index in [9.17, 15) is 0 Å². The number of guanidine groups is 1. The summed E-state index contributed by atoms with van der Waals surface area (Å²) in [6.07, 6.45) is 1.09. The van der Waals surface area contributed by atoms with Crippen molar-refractivity contribution < 1.29 is 0 Å². The van der Waals surface area contributed by atoms with Crippen LogP contribution in [0.2, 0.25) is 0 Å². The van der Waals surface area contributed by atoms with E-state index >= 15 is 0 Å². The van der Waals surface area contributed by atoms with Gasteiger partial charge in [0.05, 0.1) is 0 Å². The van der Waals surface area contributed by atoms with E-state index in [2.05, 4.69) is 56.8 Å². The SMILES string of the molecule is CC(C)CN=C(N)NCCCN(C(C)C)C(C)C.I. The Balaban J connectivity index is 0. The molecule has 3 N–H and O–H groups in total. The van der Waals surface area contributed by atoms with E-state index in [1.54, 1.807) is 0 Å². The fraction of sp³-hybridized carbons (Fsp3) is 0.929. The smallest absolute Gasteiger partial charge is 0.188 e. The van der Waals surface area contributed by atoms with Gasteiger partial charge in [-0.1, -0.05) is 13.8 Å². The predicted octanol–water partition coefficient (Wildman–Crippen LogP) is 2.67. The molecule has 19 heavy (non-hydrogen) atoms. The van der Waals surface area contributed by atoms with Crippen LogP contribution < -0.4 is 11.1 Å². The lowest BCUT2D eigenvalue weighted by atomic mass is 10.2. The molecular weight excluding hydrogens is 351 g/mol. The van der Waals surface area contributed by atoms with E-state index in [0.717, 1.165) is 26.1 Å². The Kier molecular flexibility index (Phi) is 13.2. The third-order valence-corrected chi connectivity index (χ3v) is 2.85. The number of nitrogens with two attached hydrogens (primary N) is 1. The topological polar surface area (TPSA) is 53.6 Å². The first-order valence-corrected chi connectivity index (χ1v) is 7.14. The Morgan fingerprint density at radius 3 is 2.05 bits per heavy atom. The van der Waals surface area contributed by atoms with E-state index in [-0.39, 0.29) is 24.0 Å². The summed E-state index contributed by atoms with van der Waals surface area (Å²) in [6.45, 7) is 16.0. The summed E-state index contributed by atoms with van der Waals surface area (Å²) in [6, 6.07) is 1.19. The van der Waals surface area contributed by atoms with E-state index in [0.29, 0.717) is 24.0 Å². The summed E-state index contributed by atoms with van der Waals surface area (Å²) in [4.78, 5) is 6.77. The molecule has 0 aromatic heterocycles. The minimum absolute atomic E-state index is 0. The predicted molar refractivity (Wildman–Crippen MR) is 96.3 cm³/mol. The number of aliphatic imine (C=N–C) groups is 1. The van der Waals surface area contributed by atoms with Gasteiger partial charge in [0.25, 0.3) is 0 Å². The van der Waals surface area contributed by atoms with Gasteiger partial charge in [-0.25, -0.2) is 0 Å². The number of rotatable bonds is 8. The van der Waals surface area contributed by atoms with Gasteiger partial charge >= 0.3 is 0 Å². The number of hydrogen-bond acceptors (Lipinski definition) is 2. The lowest BCUT2D eigenvalue weighted by molar-refractivity contribution is 0.173. The van der Waals surface area contributed by atoms with Crippen LogP contribution in [-0.2, 0) is 0 Å². The van der Waals surface area contributed by atoms with Crippen LogP contribution in [0.5, 0.6) is 0 Å². The maximum absolute atomic E-state index is 5.78. The van der Waals surface area contributed by atoms with Crippen LogP contribution >= 0.6 is 24.0 Å². The maximum Gasteiger partial charge on any atom is 0.188 e. The number of nitrogens with zero attached hydrogens (tertiary/aromatic N) is 2. The molecule has 0 aliphatic rings. The molecule has 0 unspecified atom stereocenters. The van der Waals surface area contributed by atoms with Gasteiger partial charge in [0.1, 0.15) is 0 Å². The fourth-order valence-electron chi connectivity index (χ4n) is 1.93. The molecule has 0 aromatic rings. The lowest BCUT2D eigenvalue weighted by Gasteiger charge is -2.30. The van der Waals surface area contributed by atoms with Crippen LogP contribution in [0.4, 0.5) is 0 Å². The van der Waals surface area contributed by atoms with Gasteiger partial charge in [0.15, 0.2) is 5.96 Å². The second kappa shape index (κ2) is 11.8. The summed E-state index contributed by atoms with van der Waals surface area (Å²) >= 11 is 0. The first kappa shape index (κ1) is 21.3. The molecule has 0 spiro atoms. The van der Waals surface area contributed by atoms with Crippen LogP contribution in [0.25, 0.3) is 0 Å². The zero-order valence-corrected chi connectivity index (χ0v) is 15.8. The molecule has 0 heterocycles. The minimum Gasteiger partial charge on any atom is -0.370 e. The Bertz CT molecular complexity index is 232. The van der Waals surface area contributed by atoms with Gasteiger partial charge in [-0.3, -0.25) is 9.89 Å². The molecule has 0 aromatic carbocycles. The average molecular weight is 384 g/mol. The highest BCUT2D eigenvalue weighted by atomic mass is 127. The maximum atomic E-state index is 5.78. The van der Waals surface area contributed by atoms with E-state index in [1.807, 2.05) is 0 Å². The highest BCUT2D eigenvalue weighted by molar-refractivity contribution is 14.0. The van der Waals surface area contributed by atoms with Gasteiger partial charge in [-0.2, -0.15) is 0 Å². The lowest BCUT2D eigenvalue weighted by Crippen LogP contribution is -2.40. The third-order valence-electron chi connectivity index (χ3n) is 2.85. The molecule has 4 nitrogen and oxygen atoms in total. The Hall–Kier alpha value is -0.0400. The van der Waals surface area contributed by atoms with Crippen LogP contribution in [-0.4, -0.2) is 42.6 Å². The molecule has 0 rings (SSSR count). The summed E-state index contributed by atoms with van der Waals surface area (Å²) in [7, 11) is 0. The molecule has 0 atom stereocenters. The van der Waals surface area contributed by atoms with Crippen LogP contribution in [0.3, 0.4) is 0 Å². The standard InChI is InChI=1S/C14H32N4.HI/c1-11(2)10-17-14(15)16-8-7-9-18(12(3)4)13(5)6;/h11-13H,7-10H2,1-6H3,(H3,15,16,17);1H. The summed E-state index contributed by atoms with van der Waals surface area (Å²) in [5, 5.41) is 3.17. The van der Waals surface area contributed by atoms with Crippen molar-refractivity contribution in [3.8, 4) is 0 Å². The minimum atomic E-state index is 0. The number of hydrogen-bond donors (Lipinski definition) is 2. The number of halogens is 1. The van der Waals surface area contributed by atoms with Gasteiger partial charge < -0.3 is 11.1 Å². The Morgan fingerprint density at radius 2 is 1.63 bits per heavy atom. The zero-order chi connectivity index (χ0) is 14.1. The molecule has 0 saturated heterocycles. The van der Waals surface area contributed by atoms with E-state index < -0.39 is 0 Å². The molecule has 0 bridgehead atoms. The van der Waals surface area contributed by atoms with Crippen molar-refractivity contribution in [3.05, 3.63) is 0 Å². The van der Waals surface area contributed by atoms with Gasteiger partial charge in [-0.15, -0.1) is 24.0 Å². The van der Waals surface area contributed by atoms with Crippen molar-refractivity contribution in [2.45, 2.75) is 60.0 Å². The molecule has 0 fully saturated rings. The first-order chi connectivity index (χ1) is 8.34. The highest BCUT2D eigenvalue weighted by Crippen LogP contribution is 2.05. The van der Waals surface area contributed by atoms with Crippen LogP contribution in [0.15, 0.2) is 4.99 Å². The second-order valence-corrected chi connectivity index (χ2v) is 5.83. The molecule has 0 saturated carbocycles.